The van der Waals surface area contributed by atoms with Crippen molar-refractivity contribution in [2.45, 2.75) is 224 Å². The molecule has 26 atom stereocenters. The van der Waals surface area contributed by atoms with Gasteiger partial charge in [-0.2, -0.15) is 0 Å². The fourth-order valence-electron chi connectivity index (χ4n) is 15.4. The van der Waals surface area contributed by atoms with E-state index in [-0.39, 0.29) is 41.3 Å². The first-order chi connectivity index (χ1) is 31.2. The Bertz CT molecular complexity index is 1800. The monoisotopic (exact) mass is 959 g/mol. The first-order valence-corrected chi connectivity index (χ1v) is 24.7. The van der Waals surface area contributed by atoms with Crippen molar-refractivity contribution in [2.24, 2.45) is 50.2 Å². The number of methoxy groups -OCH3 is 1. The molecule has 0 aromatic rings. The maximum atomic E-state index is 12.2. The minimum absolute atomic E-state index is 0.0217. The average Bonchev–Trinajstić information content (AvgIpc) is 3.26. The standard InChI is InChI=1S/C49H82O18/c1-21-31(54)34(57)37(60)41(62-21)66-39-36(59)33(56)26(19-50)64-43(39)67-38-35(58)32(55)22(2)63-42(38)65-30-12-13-46(7)27(45(30,5)6)11-14-47(8)40(46)25(61-10)15-23-24-16-44(3,4)28(52)18-49(24,20-51)29(53)17-48(23,47)9/h15,21-22,24-43,50-60H,11-14,16-20H2,1-10H3. The molecule has 0 aromatic carbocycles. The molecule has 0 radical (unpaired) electrons. The largest absolute Gasteiger partial charge is 0.396 e. The molecule has 3 heterocycles. The number of allylic oxidation sites excluding steroid dienone is 1. The van der Waals surface area contributed by atoms with E-state index >= 15 is 0 Å². The van der Waals surface area contributed by atoms with E-state index in [9.17, 15) is 56.2 Å². The summed E-state index contributed by atoms with van der Waals surface area (Å²) in [5, 5.41) is 121. The van der Waals surface area contributed by atoms with Gasteiger partial charge in [0.1, 0.15) is 61.0 Å². The third kappa shape index (κ3) is 7.97. The van der Waals surface area contributed by atoms with Crippen molar-refractivity contribution >= 4 is 0 Å². The lowest BCUT2D eigenvalue weighted by atomic mass is 9.32. The summed E-state index contributed by atoms with van der Waals surface area (Å²) in [5.41, 5.74) is -1.63. The summed E-state index contributed by atoms with van der Waals surface area (Å²) >= 11 is 0. The predicted molar refractivity (Wildman–Crippen MR) is 236 cm³/mol. The van der Waals surface area contributed by atoms with Gasteiger partial charge in [-0.15, -0.1) is 0 Å². The molecule has 18 heteroatoms. The number of fused-ring (bicyclic) bond motifs is 7. The maximum Gasteiger partial charge on any atom is 0.187 e. The number of aliphatic hydroxyl groups excluding tert-OH is 11. The fraction of sp³-hybridized carbons (Fsp3) is 0.959. The molecule has 0 aromatic heterocycles. The minimum Gasteiger partial charge on any atom is -0.396 e. The number of hydrogen-bond donors (Lipinski definition) is 11. The highest BCUT2D eigenvalue weighted by Crippen LogP contribution is 2.76. The third-order valence-electron chi connectivity index (χ3n) is 19.8. The van der Waals surface area contributed by atoms with Crippen LogP contribution in [0, 0.1) is 50.2 Å². The molecule has 7 fully saturated rings. The first-order valence-electron chi connectivity index (χ1n) is 24.7. The van der Waals surface area contributed by atoms with Gasteiger partial charge in [-0.25, -0.2) is 0 Å². The van der Waals surface area contributed by atoms with Gasteiger partial charge in [0.25, 0.3) is 0 Å². The predicted octanol–water partition coefficient (Wildman–Crippen LogP) is 0.236. The van der Waals surface area contributed by atoms with E-state index in [2.05, 4.69) is 54.5 Å². The van der Waals surface area contributed by atoms with Gasteiger partial charge >= 0.3 is 0 Å². The van der Waals surface area contributed by atoms with Crippen LogP contribution in [-0.4, -0.2) is 193 Å². The molecule has 0 spiro atoms. The molecule has 11 N–H and O–H groups in total. The Morgan fingerprint density at radius 1 is 0.627 bits per heavy atom. The fourth-order valence-corrected chi connectivity index (χ4v) is 15.4. The zero-order valence-electron chi connectivity index (χ0n) is 40.9. The van der Waals surface area contributed by atoms with E-state index in [0.29, 0.717) is 25.7 Å². The number of hydrogen-bond acceptors (Lipinski definition) is 18. The second kappa shape index (κ2) is 18.2. The summed E-state index contributed by atoms with van der Waals surface area (Å²) in [6.07, 6.45) is -18.2. The highest BCUT2D eigenvalue weighted by Gasteiger charge is 2.72. The van der Waals surface area contributed by atoms with E-state index in [1.807, 2.05) is 0 Å². The molecule has 8 aliphatic rings. The van der Waals surface area contributed by atoms with Crippen LogP contribution in [0.15, 0.2) is 11.6 Å². The summed E-state index contributed by atoms with van der Waals surface area (Å²) in [4.78, 5) is 0. The van der Waals surface area contributed by atoms with Crippen LogP contribution < -0.4 is 0 Å². The van der Waals surface area contributed by atoms with Gasteiger partial charge in [0.2, 0.25) is 0 Å². The molecule has 8 rings (SSSR count). The Morgan fingerprint density at radius 3 is 1.82 bits per heavy atom. The molecule has 18 nitrogen and oxygen atoms in total. The van der Waals surface area contributed by atoms with Crippen LogP contribution in [0.4, 0.5) is 0 Å². The van der Waals surface area contributed by atoms with Crippen LogP contribution in [-0.2, 0) is 33.2 Å². The van der Waals surface area contributed by atoms with Gasteiger partial charge in [0.15, 0.2) is 18.9 Å². The molecule has 4 saturated carbocycles. The van der Waals surface area contributed by atoms with E-state index < -0.39 is 139 Å². The Balaban J connectivity index is 1.07. The molecule has 3 saturated heterocycles. The molecular formula is C49H82O18. The van der Waals surface area contributed by atoms with Crippen LogP contribution in [0.2, 0.25) is 0 Å². The molecule has 3 aliphatic heterocycles. The van der Waals surface area contributed by atoms with Crippen molar-refractivity contribution in [2.75, 3.05) is 20.3 Å². The van der Waals surface area contributed by atoms with Gasteiger partial charge in [-0.3, -0.25) is 0 Å². The van der Waals surface area contributed by atoms with Crippen molar-refractivity contribution in [3.63, 3.8) is 0 Å². The van der Waals surface area contributed by atoms with Crippen LogP contribution >= 0.6 is 0 Å². The molecule has 0 bridgehead atoms. The first kappa shape index (κ1) is 52.3. The van der Waals surface area contributed by atoms with Crippen molar-refractivity contribution in [3.05, 3.63) is 11.6 Å². The Kier molecular flexibility index (Phi) is 14.2. The number of aliphatic hydroxyl groups is 11. The second-order valence-electron chi connectivity index (χ2n) is 24.0. The van der Waals surface area contributed by atoms with E-state index in [4.69, 9.17) is 33.2 Å². The molecule has 67 heavy (non-hydrogen) atoms. The van der Waals surface area contributed by atoms with Crippen LogP contribution in [0.3, 0.4) is 0 Å². The van der Waals surface area contributed by atoms with Crippen LogP contribution in [0.5, 0.6) is 0 Å². The zero-order valence-corrected chi connectivity index (χ0v) is 40.9. The van der Waals surface area contributed by atoms with Crippen molar-refractivity contribution in [1.82, 2.24) is 0 Å². The highest BCUT2D eigenvalue weighted by atomic mass is 16.8. The lowest BCUT2D eigenvalue weighted by Crippen LogP contribution is -2.70. The van der Waals surface area contributed by atoms with Gasteiger partial charge in [0, 0.05) is 18.4 Å². The average molecular weight is 959 g/mol. The molecule has 26 unspecified atom stereocenters. The number of rotatable bonds is 9. The van der Waals surface area contributed by atoms with E-state index in [0.717, 1.165) is 19.3 Å². The topological polar surface area (TPSA) is 287 Å². The third-order valence-corrected chi connectivity index (χ3v) is 19.8. The van der Waals surface area contributed by atoms with Gasteiger partial charge in [-0.05, 0) is 97.7 Å². The Labute approximate surface area is 394 Å². The van der Waals surface area contributed by atoms with Gasteiger partial charge < -0.3 is 89.3 Å². The highest BCUT2D eigenvalue weighted by molar-refractivity contribution is 5.37. The van der Waals surface area contributed by atoms with Gasteiger partial charge in [0.05, 0.1) is 49.8 Å². The van der Waals surface area contributed by atoms with Crippen molar-refractivity contribution in [3.8, 4) is 0 Å². The molecular weight excluding hydrogens is 877 g/mol. The van der Waals surface area contributed by atoms with Gasteiger partial charge in [-0.1, -0.05) is 60.1 Å². The summed E-state index contributed by atoms with van der Waals surface area (Å²) in [5.74, 6) is -0.0414. The summed E-state index contributed by atoms with van der Waals surface area (Å²) in [7, 11) is 1.76. The Morgan fingerprint density at radius 2 is 1.21 bits per heavy atom. The molecule has 5 aliphatic carbocycles. The van der Waals surface area contributed by atoms with Crippen molar-refractivity contribution < 1.29 is 89.3 Å². The molecule has 0 amide bonds. The van der Waals surface area contributed by atoms with E-state index in [1.165, 1.54) is 12.5 Å². The SMILES string of the molecule is COC1C=C2C3CC(C)(C)C(O)CC3(CO)C(O)CC2(C)C2(C)CCC3C(C)(C)C(OC4OC(C)C(O)C(O)C4OC4OC(CO)C(O)C(O)C4OC4OC(C)C(O)C(O)C4O)CCC3(C)C12. The zero-order chi connectivity index (χ0) is 49.3. The Hall–Kier alpha value is -0.980. The van der Waals surface area contributed by atoms with E-state index in [1.54, 1.807) is 14.0 Å². The normalized spacial score (nSPS) is 56.2. The van der Waals surface area contributed by atoms with Crippen molar-refractivity contribution in [1.29, 1.82) is 0 Å². The summed E-state index contributed by atoms with van der Waals surface area (Å²) < 4.78 is 43.7. The number of ether oxygens (including phenoxy) is 7. The quantitative estimate of drug-likeness (QED) is 0.109. The van der Waals surface area contributed by atoms with Crippen LogP contribution in [0.25, 0.3) is 0 Å². The maximum absolute atomic E-state index is 12.2. The molecule has 386 valence electrons. The lowest BCUT2D eigenvalue weighted by molar-refractivity contribution is -0.396. The van der Waals surface area contributed by atoms with Crippen LogP contribution in [0.1, 0.15) is 107 Å². The second-order valence-corrected chi connectivity index (χ2v) is 24.0. The minimum atomic E-state index is -1.82. The summed E-state index contributed by atoms with van der Waals surface area (Å²) in [6.45, 7) is 17.6. The smallest absolute Gasteiger partial charge is 0.187 e. The summed E-state index contributed by atoms with van der Waals surface area (Å²) in [6, 6.07) is 0. The lowest BCUT2D eigenvalue weighted by Gasteiger charge is -2.73.